The van der Waals surface area contributed by atoms with Crippen LogP contribution in [0.3, 0.4) is 0 Å². The summed E-state index contributed by atoms with van der Waals surface area (Å²) in [4.78, 5) is 4.70. The smallest absolute Gasteiger partial charge is 0.244 e. The number of fused-ring (bicyclic) bond motifs is 1. The van der Waals surface area contributed by atoms with E-state index in [1.807, 2.05) is 0 Å². The van der Waals surface area contributed by atoms with Crippen LogP contribution in [0, 0.1) is 0 Å². The van der Waals surface area contributed by atoms with Crippen molar-refractivity contribution in [2.75, 3.05) is 39.5 Å². The number of nitrogens with one attached hydrogen (secondary N) is 1. The van der Waals surface area contributed by atoms with Crippen molar-refractivity contribution in [1.29, 1.82) is 0 Å². The van der Waals surface area contributed by atoms with E-state index in [-0.39, 0.29) is 33.3 Å². The Morgan fingerprint density at radius 2 is 1.95 bits per heavy atom. The van der Waals surface area contributed by atoms with Gasteiger partial charge in [-0.2, -0.15) is 4.31 Å². The molecule has 1 aromatic heterocycles. The number of sulfonamides is 1. The van der Waals surface area contributed by atoms with Gasteiger partial charge in [0.15, 0.2) is 9.84 Å². The zero-order valence-electron chi connectivity index (χ0n) is 22.9. The molecule has 3 aliphatic heterocycles. The average molecular weight is 608 g/mol. The van der Waals surface area contributed by atoms with Gasteiger partial charge < -0.3 is 24.6 Å². The number of aryl methyl sites for hydroxylation is 1. The summed E-state index contributed by atoms with van der Waals surface area (Å²) in [6.07, 6.45) is 5.52. The van der Waals surface area contributed by atoms with E-state index in [4.69, 9.17) is 14.2 Å². The number of benzene rings is 1. The van der Waals surface area contributed by atoms with Gasteiger partial charge in [0.2, 0.25) is 15.9 Å². The molecule has 2 aromatic rings. The minimum atomic E-state index is -3.65. The van der Waals surface area contributed by atoms with Crippen molar-refractivity contribution < 1.29 is 36.2 Å². The molecule has 1 spiro atoms. The van der Waals surface area contributed by atoms with E-state index in [1.54, 1.807) is 24.3 Å². The van der Waals surface area contributed by atoms with Gasteiger partial charge in [0.1, 0.15) is 23.4 Å². The first-order valence-corrected chi connectivity index (χ1v) is 17.3. The second kappa shape index (κ2) is 11.4. The van der Waals surface area contributed by atoms with Crippen LogP contribution in [0.2, 0.25) is 0 Å². The lowest BCUT2D eigenvalue weighted by molar-refractivity contribution is -0.0312. The fourth-order valence-corrected chi connectivity index (χ4v) is 8.96. The lowest BCUT2D eigenvalue weighted by Gasteiger charge is -2.38. The molecule has 2 atom stereocenters. The number of hydrogen-bond donors (Lipinski definition) is 2. The molecule has 0 radical (unpaired) electrons. The number of aliphatic hydroxyl groups is 1. The third kappa shape index (κ3) is 6.25. The van der Waals surface area contributed by atoms with E-state index in [1.165, 1.54) is 16.6 Å². The molecular weight excluding hydrogens is 570 g/mol. The maximum Gasteiger partial charge on any atom is 0.244 e. The van der Waals surface area contributed by atoms with Crippen LogP contribution in [0.25, 0.3) is 0 Å². The second-order valence-corrected chi connectivity index (χ2v) is 15.6. The summed E-state index contributed by atoms with van der Waals surface area (Å²) in [7, 11) is -6.96. The summed E-state index contributed by atoms with van der Waals surface area (Å²) < 4.78 is 70.5. The van der Waals surface area contributed by atoms with Gasteiger partial charge in [0, 0.05) is 31.2 Å². The van der Waals surface area contributed by atoms with Gasteiger partial charge in [0.25, 0.3) is 0 Å². The Bertz CT molecular complexity index is 1470. The van der Waals surface area contributed by atoms with E-state index in [9.17, 15) is 21.9 Å². The van der Waals surface area contributed by atoms with E-state index < -0.39 is 26.0 Å². The number of nitrogens with zero attached hydrogens (tertiary/aromatic N) is 2. The highest BCUT2D eigenvalue weighted by Gasteiger charge is 2.45. The van der Waals surface area contributed by atoms with Crippen molar-refractivity contribution in [3.05, 3.63) is 42.1 Å². The summed E-state index contributed by atoms with van der Waals surface area (Å²) in [5, 5.41) is 13.5. The maximum absolute atomic E-state index is 13.3. The molecule has 3 fully saturated rings. The Morgan fingerprint density at radius 1 is 1.15 bits per heavy atom. The number of aromatic nitrogens is 1. The molecule has 4 aliphatic rings. The Balaban J connectivity index is 0.961. The number of pyridine rings is 1. The number of sulfone groups is 1. The molecule has 1 aromatic carbocycles. The van der Waals surface area contributed by atoms with Crippen LogP contribution in [0.15, 0.2) is 46.3 Å². The third-order valence-electron chi connectivity index (χ3n) is 8.39. The standard InChI is InChI=1S/C28H37N3O8S2/c32-22(19-38-23-4-1-5-25(14-23)40(33,34)24-6-7-24)16-29-21-15-28(39-18-21)8-10-31(11-9-28)41(35,36)26-13-20-3-2-12-37-27(20)30-17-26/h1,4-5,13-14,17,21-22,24,29,32H,2-3,6-12,15-16,18-19H2/t21-,22?/m1/s1. The summed E-state index contributed by atoms with van der Waals surface area (Å²) in [6, 6.07) is 8.16. The SMILES string of the molecule is O=S(=O)(c1cccc(OCC(O)CN[C@H]2COC3(CCN(S(=O)(=O)c4cnc5c(c4)CCCO5)CC3)C2)c1)C1CC1. The molecule has 13 heteroatoms. The van der Waals surface area contributed by atoms with E-state index in [2.05, 4.69) is 10.3 Å². The van der Waals surface area contributed by atoms with Crippen molar-refractivity contribution in [3.8, 4) is 11.6 Å². The predicted molar refractivity (Wildman–Crippen MR) is 149 cm³/mol. The van der Waals surface area contributed by atoms with Crippen molar-refractivity contribution in [2.45, 2.75) is 77.7 Å². The van der Waals surface area contributed by atoms with Crippen molar-refractivity contribution >= 4 is 19.9 Å². The zero-order valence-corrected chi connectivity index (χ0v) is 24.5. The Labute approximate surface area is 241 Å². The molecule has 0 amide bonds. The van der Waals surface area contributed by atoms with Crippen LogP contribution in [-0.2, 0) is 31.0 Å². The van der Waals surface area contributed by atoms with Crippen molar-refractivity contribution in [1.82, 2.24) is 14.6 Å². The summed E-state index contributed by atoms with van der Waals surface area (Å²) >= 11 is 0. The highest BCUT2D eigenvalue weighted by molar-refractivity contribution is 7.92. The molecule has 1 saturated carbocycles. The van der Waals surface area contributed by atoms with Crippen molar-refractivity contribution in [3.63, 3.8) is 0 Å². The van der Waals surface area contributed by atoms with Gasteiger partial charge >= 0.3 is 0 Å². The average Bonchev–Trinajstić information content (AvgIpc) is 3.78. The molecule has 224 valence electrons. The van der Waals surface area contributed by atoms with Gasteiger partial charge in [-0.15, -0.1) is 0 Å². The van der Waals surface area contributed by atoms with Crippen LogP contribution in [-0.4, -0.2) is 93.7 Å². The predicted octanol–water partition coefficient (Wildman–Crippen LogP) is 1.68. The van der Waals surface area contributed by atoms with E-state index in [0.717, 1.165) is 24.8 Å². The Morgan fingerprint density at radius 3 is 2.73 bits per heavy atom. The van der Waals surface area contributed by atoms with Gasteiger partial charge in [-0.1, -0.05) is 6.07 Å². The van der Waals surface area contributed by atoms with E-state index >= 15 is 0 Å². The van der Waals surface area contributed by atoms with Crippen molar-refractivity contribution in [2.24, 2.45) is 0 Å². The largest absolute Gasteiger partial charge is 0.491 e. The van der Waals surface area contributed by atoms with Crippen LogP contribution in [0.4, 0.5) is 0 Å². The third-order valence-corrected chi connectivity index (χ3v) is 12.5. The molecule has 0 bridgehead atoms. The minimum Gasteiger partial charge on any atom is -0.491 e. The molecule has 4 heterocycles. The fourth-order valence-electron chi connectivity index (χ4n) is 5.83. The first kappa shape index (κ1) is 28.8. The maximum atomic E-state index is 13.3. The van der Waals surface area contributed by atoms with E-state index in [0.29, 0.717) is 70.2 Å². The fraction of sp³-hybridized carbons (Fsp3) is 0.607. The lowest BCUT2D eigenvalue weighted by Crippen LogP contribution is -2.47. The Hall–Kier alpha value is -2.29. The van der Waals surface area contributed by atoms with Crippen LogP contribution in [0.5, 0.6) is 11.6 Å². The molecule has 2 saturated heterocycles. The Kier molecular flexibility index (Phi) is 8.02. The van der Waals surface area contributed by atoms with Gasteiger partial charge in [-0.3, -0.25) is 0 Å². The number of hydrogen-bond acceptors (Lipinski definition) is 10. The molecule has 1 aliphatic carbocycles. The number of piperidine rings is 1. The topological polar surface area (TPSA) is 144 Å². The monoisotopic (exact) mass is 607 g/mol. The van der Waals surface area contributed by atoms with Crippen LogP contribution >= 0.6 is 0 Å². The second-order valence-electron chi connectivity index (χ2n) is 11.5. The number of ether oxygens (including phenoxy) is 3. The summed E-state index contributed by atoms with van der Waals surface area (Å²) in [5.74, 6) is 0.936. The highest BCUT2D eigenvalue weighted by atomic mass is 32.2. The quantitative estimate of drug-likeness (QED) is 0.409. The molecule has 11 nitrogen and oxygen atoms in total. The van der Waals surface area contributed by atoms with Crippen LogP contribution < -0.4 is 14.8 Å². The zero-order chi connectivity index (χ0) is 28.7. The van der Waals surface area contributed by atoms with Crippen LogP contribution in [0.1, 0.15) is 44.1 Å². The number of aliphatic hydroxyl groups excluding tert-OH is 1. The molecular formula is C28H37N3O8S2. The van der Waals surface area contributed by atoms with Gasteiger partial charge in [-0.25, -0.2) is 21.8 Å². The first-order valence-electron chi connectivity index (χ1n) is 14.3. The molecule has 6 rings (SSSR count). The molecule has 2 N–H and O–H groups in total. The minimum absolute atomic E-state index is 0.0230. The number of rotatable bonds is 10. The normalized spacial score (nSPS) is 23.6. The molecule has 1 unspecified atom stereocenters. The first-order chi connectivity index (χ1) is 19.6. The molecule has 41 heavy (non-hydrogen) atoms. The lowest BCUT2D eigenvalue weighted by atomic mass is 9.88. The highest BCUT2D eigenvalue weighted by Crippen LogP contribution is 2.38. The van der Waals surface area contributed by atoms with Gasteiger partial charge in [-0.05, 0) is 69.2 Å². The van der Waals surface area contributed by atoms with Gasteiger partial charge in [0.05, 0.1) is 35.2 Å². The summed E-state index contributed by atoms with van der Waals surface area (Å²) in [6.45, 7) is 2.14. The summed E-state index contributed by atoms with van der Waals surface area (Å²) in [5.41, 5.74) is 0.446.